The van der Waals surface area contributed by atoms with E-state index in [1.165, 1.54) is 11.6 Å². The normalized spacial score (nSPS) is 10.3. The zero-order chi connectivity index (χ0) is 15.6. The number of carbonyl (C=O) groups is 1. The average Bonchev–Trinajstić information content (AvgIpc) is 2.58. The van der Waals surface area contributed by atoms with Gasteiger partial charge in [-0.15, -0.1) is 0 Å². The van der Waals surface area contributed by atoms with E-state index < -0.39 is 0 Å². The molecule has 22 heavy (non-hydrogen) atoms. The number of aryl methyl sites for hydroxylation is 1. The van der Waals surface area contributed by atoms with Crippen molar-refractivity contribution < 1.29 is 9.53 Å². The molecule has 0 fully saturated rings. The van der Waals surface area contributed by atoms with Gasteiger partial charge in [0.05, 0.1) is 18.2 Å². The van der Waals surface area contributed by atoms with Crippen molar-refractivity contribution in [3.8, 4) is 6.07 Å². The molecular formula is C18H16N2O2. The molecule has 0 aliphatic heterocycles. The summed E-state index contributed by atoms with van der Waals surface area (Å²) in [6.07, 6.45) is 8.14. The van der Waals surface area contributed by atoms with Gasteiger partial charge in [0.25, 0.3) is 0 Å². The Bertz CT molecular complexity index is 688. The molecule has 0 N–H and O–H groups in total. The second-order valence-electron chi connectivity index (χ2n) is 4.70. The number of ether oxygens (including phenoxy) is 1. The van der Waals surface area contributed by atoms with Gasteiger partial charge in [-0.05, 0) is 54.3 Å². The lowest BCUT2D eigenvalue weighted by Crippen LogP contribution is -2.03. The Hall–Kier alpha value is -2.93. The van der Waals surface area contributed by atoms with Crippen LogP contribution < -0.4 is 0 Å². The molecule has 110 valence electrons. The van der Waals surface area contributed by atoms with Crippen molar-refractivity contribution in [2.75, 3.05) is 6.61 Å². The summed E-state index contributed by atoms with van der Waals surface area (Å²) in [7, 11) is 0. The molecule has 0 saturated carbocycles. The molecule has 0 aliphatic carbocycles. The van der Waals surface area contributed by atoms with Gasteiger partial charge in [-0.25, -0.2) is 4.79 Å². The lowest BCUT2D eigenvalue weighted by atomic mass is 10.1. The van der Waals surface area contributed by atoms with Crippen molar-refractivity contribution in [2.24, 2.45) is 0 Å². The smallest absolute Gasteiger partial charge is 0.330 e. The van der Waals surface area contributed by atoms with E-state index in [1.54, 1.807) is 36.7 Å². The highest BCUT2D eigenvalue weighted by Gasteiger charge is 1.98. The minimum Gasteiger partial charge on any atom is -0.463 e. The van der Waals surface area contributed by atoms with Crippen LogP contribution in [0.3, 0.4) is 0 Å². The molecule has 0 amide bonds. The Kier molecular flexibility index (Phi) is 5.89. The van der Waals surface area contributed by atoms with Crippen molar-refractivity contribution in [1.29, 1.82) is 5.26 Å². The first kappa shape index (κ1) is 15.5. The summed E-state index contributed by atoms with van der Waals surface area (Å²) in [5.74, 6) is -0.378. The molecule has 0 spiro atoms. The van der Waals surface area contributed by atoms with E-state index in [2.05, 4.69) is 11.1 Å². The minimum absolute atomic E-state index is 0.378. The lowest BCUT2D eigenvalue weighted by molar-refractivity contribution is -0.137. The molecule has 0 atom stereocenters. The van der Waals surface area contributed by atoms with E-state index in [4.69, 9.17) is 10.00 Å². The number of pyridine rings is 1. The third-order valence-electron chi connectivity index (χ3n) is 3.03. The number of hydrogen-bond donors (Lipinski definition) is 0. The van der Waals surface area contributed by atoms with Gasteiger partial charge in [-0.2, -0.15) is 5.26 Å². The van der Waals surface area contributed by atoms with E-state index in [0.29, 0.717) is 12.2 Å². The molecular weight excluding hydrogens is 276 g/mol. The van der Waals surface area contributed by atoms with E-state index in [-0.39, 0.29) is 5.97 Å². The second kappa shape index (κ2) is 8.38. The van der Waals surface area contributed by atoms with Crippen LogP contribution >= 0.6 is 0 Å². The third-order valence-corrected chi connectivity index (χ3v) is 3.03. The van der Waals surface area contributed by atoms with Crippen LogP contribution in [0.25, 0.3) is 6.08 Å². The summed E-state index contributed by atoms with van der Waals surface area (Å²) in [5, 5.41) is 8.81. The Morgan fingerprint density at radius 1 is 1.27 bits per heavy atom. The molecule has 0 saturated heterocycles. The van der Waals surface area contributed by atoms with Crippen molar-refractivity contribution in [3.05, 3.63) is 71.6 Å². The number of esters is 1. The fourth-order valence-electron chi connectivity index (χ4n) is 1.92. The van der Waals surface area contributed by atoms with Crippen LogP contribution in [0.1, 0.15) is 23.1 Å². The van der Waals surface area contributed by atoms with Crippen molar-refractivity contribution in [3.63, 3.8) is 0 Å². The van der Waals surface area contributed by atoms with Crippen molar-refractivity contribution in [1.82, 2.24) is 4.98 Å². The first-order chi connectivity index (χ1) is 10.8. The molecule has 2 aromatic rings. The topological polar surface area (TPSA) is 63.0 Å². The van der Waals surface area contributed by atoms with Gasteiger partial charge >= 0.3 is 5.97 Å². The van der Waals surface area contributed by atoms with Crippen LogP contribution in [0, 0.1) is 11.3 Å². The van der Waals surface area contributed by atoms with Gasteiger partial charge in [0.2, 0.25) is 0 Å². The SMILES string of the molecule is N#Cc1cccc(/C=C/C(=O)OCCCc2ccncc2)c1. The number of aromatic nitrogens is 1. The Balaban J connectivity index is 1.73. The predicted molar refractivity (Wildman–Crippen MR) is 83.7 cm³/mol. The molecule has 4 heteroatoms. The maximum atomic E-state index is 11.6. The molecule has 2 rings (SSSR count). The van der Waals surface area contributed by atoms with Crippen molar-refractivity contribution in [2.45, 2.75) is 12.8 Å². The third kappa shape index (κ3) is 5.22. The first-order valence-corrected chi connectivity index (χ1v) is 7.02. The monoisotopic (exact) mass is 292 g/mol. The number of carbonyl (C=O) groups excluding carboxylic acids is 1. The fraction of sp³-hybridized carbons (Fsp3) is 0.167. The molecule has 1 aromatic carbocycles. The summed E-state index contributed by atoms with van der Waals surface area (Å²) in [5.41, 5.74) is 2.54. The van der Waals surface area contributed by atoms with Crippen molar-refractivity contribution >= 4 is 12.0 Å². The Morgan fingerprint density at radius 3 is 2.86 bits per heavy atom. The zero-order valence-electron chi connectivity index (χ0n) is 12.1. The predicted octanol–water partition coefficient (Wildman–Crippen LogP) is 3.14. The fourth-order valence-corrected chi connectivity index (χ4v) is 1.92. The molecule has 0 bridgehead atoms. The molecule has 4 nitrogen and oxygen atoms in total. The van der Waals surface area contributed by atoms with Crippen LogP contribution in [-0.2, 0) is 16.0 Å². The van der Waals surface area contributed by atoms with E-state index in [1.807, 2.05) is 18.2 Å². The summed E-state index contributed by atoms with van der Waals surface area (Å²) in [4.78, 5) is 15.6. The quantitative estimate of drug-likeness (QED) is 0.466. The number of rotatable bonds is 6. The van der Waals surface area contributed by atoms with E-state index in [9.17, 15) is 4.79 Å². The Morgan fingerprint density at radius 2 is 2.09 bits per heavy atom. The van der Waals surface area contributed by atoms with Gasteiger partial charge in [0.1, 0.15) is 0 Å². The van der Waals surface area contributed by atoms with Crippen LogP contribution in [0.5, 0.6) is 0 Å². The summed E-state index contributed by atoms with van der Waals surface area (Å²) < 4.78 is 5.14. The highest BCUT2D eigenvalue weighted by molar-refractivity contribution is 5.87. The number of nitrogens with zero attached hydrogens (tertiary/aromatic N) is 2. The Labute approximate surface area is 129 Å². The molecule has 0 unspecified atom stereocenters. The summed E-state index contributed by atoms with van der Waals surface area (Å²) >= 11 is 0. The standard InChI is InChI=1S/C18H16N2O2/c19-14-17-4-1-3-16(13-17)6-7-18(21)22-12-2-5-15-8-10-20-11-9-15/h1,3-4,6-11,13H,2,5,12H2/b7-6+. The van der Waals surface area contributed by atoms with Gasteiger partial charge in [-0.3, -0.25) is 4.98 Å². The van der Waals surface area contributed by atoms with Crippen LogP contribution in [0.4, 0.5) is 0 Å². The van der Waals surface area contributed by atoms with Crippen LogP contribution in [0.2, 0.25) is 0 Å². The van der Waals surface area contributed by atoms with Gasteiger partial charge in [-0.1, -0.05) is 12.1 Å². The zero-order valence-corrected chi connectivity index (χ0v) is 12.1. The summed E-state index contributed by atoms with van der Waals surface area (Å²) in [6, 6.07) is 13.0. The molecule has 1 heterocycles. The first-order valence-electron chi connectivity index (χ1n) is 7.02. The van der Waals surface area contributed by atoms with Crippen LogP contribution in [0.15, 0.2) is 54.9 Å². The molecule has 0 aliphatic rings. The highest BCUT2D eigenvalue weighted by Crippen LogP contribution is 2.06. The maximum Gasteiger partial charge on any atom is 0.330 e. The van der Waals surface area contributed by atoms with E-state index >= 15 is 0 Å². The average molecular weight is 292 g/mol. The van der Waals surface area contributed by atoms with Gasteiger partial charge < -0.3 is 4.74 Å². The highest BCUT2D eigenvalue weighted by atomic mass is 16.5. The van der Waals surface area contributed by atoms with Gasteiger partial charge in [0, 0.05) is 18.5 Å². The number of hydrogen-bond acceptors (Lipinski definition) is 4. The van der Waals surface area contributed by atoms with E-state index in [0.717, 1.165) is 18.4 Å². The molecule has 0 radical (unpaired) electrons. The number of nitriles is 1. The summed E-state index contributed by atoms with van der Waals surface area (Å²) in [6.45, 7) is 0.379. The minimum atomic E-state index is -0.378. The van der Waals surface area contributed by atoms with Gasteiger partial charge in [0.15, 0.2) is 0 Å². The number of benzene rings is 1. The maximum absolute atomic E-state index is 11.6. The lowest BCUT2D eigenvalue weighted by Gasteiger charge is -2.02. The molecule has 1 aromatic heterocycles. The second-order valence-corrected chi connectivity index (χ2v) is 4.70. The largest absolute Gasteiger partial charge is 0.463 e. The van der Waals surface area contributed by atoms with Crippen LogP contribution in [-0.4, -0.2) is 17.6 Å².